The van der Waals surface area contributed by atoms with Crippen molar-refractivity contribution >= 4 is 34.8 Å². The molecule has 2 heterocycles. The number of rotatable bonds is 4. The molecule has 0 aromatic heterocycles. The zero-order chi connectivity index (χ0) is 27.4. The number of para-hydroxylation sites is 1. The lowest BCUT2D eigenvalue weighted by Crippen LogP contribution is -2.47. The molecule has 7 heteroatoms. The van der Waals surface area contributed by atoms with Crippen molar-refractivity contribution in [1.29, 1.82) is 0 Å². The molecule has 2 unspecified atom stereocenters. The number of hydrogen-bond donors (Lipinski definition) is 0. The Bertz CT molecular complexity index is 1390. The molecule has 2 aliphatic rings. The minimum Gasteiger partial charge on any atom is -0.379 e. The van der Waals surface area contributed by atoms with Gasteiger partial charge in [-0.2, -0.15) is 0 Å². The Morgan fingerprint density at radius 3 is 2.38 bits per heavy atom. The molecule has 2 amide bonds. The zero-order valence-electron chi connectivity index (χ0n) is 22.3. The molecule has 6 nitrogen and oxygen atoms in total. The van der Waals surface area contributed by atoms with Crippen LogP contribution in [0.4, 0.5) is 11.4 Å². The van der Waals surface area contributed by atoms with Crippen LogP contribution in [0, 0.1) is 11.8 Å². The van der Waals surface area contributed by atoms with E-state index in [0.717, 1.165) is 48.8 Å². The Kier molecular flexibility index (Phi) is 8.33. The van der Waals surface area contributed by atoms with Crippen molar-refractivity contribution in [1.82, 2.24) is 4.90 Å². The van der Waals surface area contributed by atoms with E-state index >= 15 is 0 Å². The Labute approximate surface area is 235 Å². The first-order valence-corrected chi connectivity index (χ1v) is 13.7. The van der Waals surface area contributed by atoms with Gasteiger partial charge in [0, 0.05) is 53.6 Å². The molecule has 200 valence electrons. The predicted octanol–water partition coefficient (Wildman–Crippen LogP) is 5.56. The SMILES string of the molecule is CC(=O)N(c1ccc(Cl)cc1)C1CC(C)N(C(=O)c2ccc(C#CCN3CCOCC3)cc2)c2ccccc21. The summed E-state index contributed by atoms with van der Waals surface area (Å²) in [6.07, 6.45) is 0.607. The summed E-state index contributed by atoms with van der Waals surface area (Å²) < 4.78 is 5.38. The normalized spacial score (nSPS) is 19.0. The molecule has 0 bridgehead atoms. The number of fused-ring (bicyclic) bond motifs is 1. The molecule has 5 rings (SSSR count). The Morgan fingerprint density at radius 1 is 1.00 bits per heavy atom. The third kappa shape index (κ3) is 6.02. The van der Waals surface area contributed by atoms with Crippen molar-refractivity contribution in [2.75, 3.05) is 42.6 Å². The minimum absolute atomic E-state index is 0.0607. The number of ether oxygens (including phenoxy) is 1. The van der Waals surface area contributed by atoms with Gasteiger partial charge in [0.2, 0.25) is 5.91 Å². The number of anilines is 2. The zero-order valence-corrected chi connectivity index (χ0v) is 23.0. The fourth-order valence-corrected chi connectivity index (χ4v) is 5.49. The molecule has 1 fully saturated rings. The monoisotopic (exact) mass is 541 g/mol. The third-order valence-electron chi connectivity index (χ3n) is 7.31. The van der Waals surface area contributed by atoms with Gasteiger partial charge in [-0.3, -0.25) is 14.5 Å². The van der Waals surface area contributed by atoms with E-state index < -0.39 is 0 Å². The first kappa shape index (κ1) is 27.0. The van der Waals surface area contributed by atoms with E-state index in [-0.39, 0.29) is 23.9 Å². The van der Waals surface area contributed by atoms with Gasteiger partial charge < -0.3 is 14.5 Å². The van der Waals surface area contributed by atoms with Crippen LogP contribution >= 0.6 is 11.6 Å². The molecule has 2 aliphatic heterocycles. The average molecular weight is 542 g/mol. The lowest BCUT2D eigenvalue weighted by atomic mass is 9.89. The summed E-state index contributed by atoms with van der Waals surface area (Å²) in [5.41, 5.74) is 4.03. The maximum atomic E-state index is 13.8. The van der Waals surface area contributed by atoms with Gasteiger partial charge in [-0.05, 0) is 73.5 Å². The van der Waals surface area contributed by atoms with E-state index in [9.17, 15) is 9.59 Å². The van der Waals surface area contributed by atoms with Gasteiger partial charge in [0.15, 0.2) is 0 Å². The second-order valence-electron chi connectivity index (χ2n) is 9.97. The predicted molar refractivity (Wildman–Crippen MR) is 155 cm³/mol. The van der Waals surface area contributed by atoms with E-state index in [1.165, 1.54) is 0 Å². The number of benzene rings is 3. The highest BCUT2D eigenvalue weighted by Gasteiger charge is 2.38. The molecule has 0 N–H and O–H groups in total. The van der Waals surface area contributed by atoms with Crippen LogP contribution in [-0.4, -0.2) is 55.6 Å². The number of carbonyl (C=O) groups is 2. The first-order chi connectivity index (χ1) is 18.9. The number of amides is 2. The molecule has 0 spiro atoms. The van der Waals surface area contributed by atoms with Gasteiger partial charge in [-0.1, -0.05) is 41.6 Å². The molecule has 3 aromatic rings. The van der Waals surface area contributed by atoms with Crippen molar-refractivity contribution in [3.05, 3.63) is 94.5 Å². The van der Waals surface area contributed by atoms with Crippen molar-refractivity contribution < 1.29 is 14.3 Å². The molecule has 2 atom stereocenters. The summed E-state index contributed by atoms with van der Waals surface area (Å²) in [6, 6.07) is 22.3. The molecular weight excluding hydrogens is 510 g/mol. The first-order valence-electron chi connectivity index (χ1n) is 13.3. The van der Waals surface area contributed by atoms with Crippen LogP contribution in [-0.2, 0) is 9.53 Å². The molecular formula is C32H32ClN3O3. The Balaban J connectivity index is 1.38. The van der Waals surface area contributed by atoms with Gasteiger partial charge in [0.25, 0.3) is 5.91 Å². The van der Waals surface area contributed by atoms with E-state index in [1.807, 2.05) is 72.5 Å². The molecule has 3 aromatic carbocycles. The van der Waals surface area contributed by atoms with Crippen molar-refractivity contribution in [3.8, 4) is 11.8 Å². The van der Waals surface area contributed by atoms with Gasteiger partial charge in [-0.25, -0.2) is 0 Å². The van der Waals surface area contributed by atoms with E-state index in [1.54, 1.807) is 24.0 Å². The summed E-state index contributed by atoms with van der Waals surface area (Å²) in [5, 5.41) is 0.616. The topological polar surface area (TPSA) is 53.1 Å². The molecule has 1 saturated heterocycles. The lowest BCUT2D eigenvalue weighted by molar-refractivity contribution is -0.117. The number of halogens is 1. The van der Waals surface area contributed by atoms with Crippen molar-refractivity contribution in [3.63, 3.8) is 0 Å². The highest BCUT2D eigenvalue weighted by molar-refractivity contribution is 6.30. The van der Waals surface area contributed by atoms with Crippen LogP contribution in [0.3, 0.4) is 0 Å². The number of carbonyl (C=O) groups excluding carboxylic acids is 2. The molecule has 0 saturated carbocycles. The molecule has 0 aliphatic carbocycles. The second kappa shape index (κ2) is 12.0. The van der Waals surface area contributed by atoms with E-state index in [2.05, 4.69) is 16.7 Å². The van der Waals surface area contributed by atoms with Crippen molar-refractivity contribution in [2.24, 2.45) is 0 Å². The van der Waals surface area contributed by atoms with Gasteiger partial charge in [-0.15, -0.1) is 0 Å². The summed E-state index contributed by atoms with van der Waals surface area (Å²) in [6.45, 7) is 7.64. The van der Waals surface area contributed by atoms with E-state index in [0.29, 0.717) is 23.6 Å². The van der Waals surface area contributed by atoms with Crippen LogP contribution in [0.5, 0.6) is 0 Å². The van der Waals surface area contributed by atoms with Crippen LogP contribution in [0.15, 0.2) is 72.8 Å². The second-order valence-corrected chi connectivity index (χ2v) is 10.4. The highest BCUT2D eigenvalue weighted by atomic mass is 35.5. The fraction of sp³-hybridized carbons (Fsp3) is 0.312. The minimum atomic E-state index is -0.206. The van der Waals surface area contributed by atoms with Crippen LogP contribution in [0.25, 0.3) is 0 Å². The van der Waals surface area contributed by atoms with Crippen LogP contribution in [0.2, 0.25) is 5.02 Å². The Morgan fingerprint density at radius 2 is 1.69 bits per heavy atom. The summed E-state index contributed by atoms with van der Waals surface area (Å²) >= 11 is 6.10. The standard InChI is InChI=1S/C32H32ClN3O3/c1-23-22-31(36(24(2)37)28-15-13-27(33)14-16-28)29-7-3-4-8-30(29)35(23)32(38)26-11-9-25(10-12-26)6-5-17-34-18-20-39-21-19-34/h3-4,7-16,23,31H,17-22H2,1-2H3. The molecule has 0 radical (unpaired) electrons. The smallest absolute Gasteiger partial charge is 0.258 e. The highest BCUT2D eigenvalue weighted by Crippen LogP contribution is 2.42. The number of morpholine rings is 1. The quantitative estimate of drug-likeness (QED) is 0.406. The fourth-order valence-electron chi connectivity index (χ4n) is 5.37. The average Bonchev–Trinajstić information content (AvgIpc) is 2.95. The Hall–Kier alpha value is -3.63. The van der Waals surface area contributed by atoms with Gasteiger partial charge in [0.1, 0.15) is 0 Å². The van der Waals surface area contributed by atoms with E-state index in [4.69, 9.17) is 16.3 Å². The third-order valence-corrected chi connectivity index (χ3v) is 7.56. The summed E-state index contributed by atoms with van der Waals surface area (Å²) in [5.74, 6) is 6.31. The summed E-state index contributed by atoms with van der Waals surface area (Å²) in [7, 11) is 0. The number of hydrogen-bond acceptors (Lipinski definition) is 4. The van der Waals surface area contributed by atoms with Crippen molar-refractivity contribution in [2.45, 2.75) is 32.4 Å². The lowest BCUT2D eigenvalue weighted by Gasteiger charge is -2.43. The maximum absolute atomic E-state index is 13.8. The molecule has 39 heavy (non-hydrogen) atoms. The largest absolute Gasteiger partial charge is 0.379 e. The van der Waals surface area contributed by atoms with Crippen LogP contribution < -0.4 is 9.80 Å². The van der Waals surface area contributed by atoms with Gasteiger partial charge >= 0.3 is 0 Å². The van der Waals surface area contributed by atoms with Gasteiger partial charge in [0.05, 0.1) is 25.8 Å². The number of nitrogens with zero attached hydrogens (tertiary/aromatic N) is 3. The maximum Gasteiger partial charge on any atom is 0.258 e. The summed E-state index contributed by atoms with van der Waals surface area (Å²) in [4.78, 5) is 32.6. The van der Waals surface area contributed by atoms with Crippen LogP contribution in [0.1, 0.15) is 47.8 Å².